The molecule has 30 heavy (non-hydrogen) atoms. The topological polar surface area (TPSA) is 67.9 Å². The highest BCUT2D eigenvalue weighted by atomic mass is 35.5. The monoisotopic (exact) mass is 438 g/mol. The van der Waals surface area contributed by atoms with Gasteiger partial charge in [-0.1, -0.05) is 29.8 Å². The van der Waals surface area contributed by atoms with Crippen LogP contribution in [0.3, 0.4) is 0 Å². The predicted octanol–water partition coefficient (Wildman–Crippen LogP) is 4.33. The van der Waals surface area contributed by atoms with Crippen LogP contribution in [0.15, 0.2) is 36.4 Å². The summed E-state index contributed by atoms with van der Waals surface area (Å²) in [5.74, 6) is -2.87. The van der Waals surface area contributed by atoms with Crippen molar-refractivity contribution < 1.29 is 27.8 Å². The molecule has 6 nitrogen and oxygen atoms in total. The molecular weight excluding hydrogens is 418 g/mol. The van der Waals surface area contributed by atoms with Crippen LogP contribution in [-0.2, 0) is 20.7 Å². The first-order valence-electron chi connectivity index (χ1n) is 9.30. The van der Waals surface area contributed by atoms with Crippen LogP contribution in [-0.4, -0.2) is 43.2 Å². The zero-order chi connectivity index (χ0) is 21.8. The maximum Gasteiger partial charge on any atom is 0.410 e. The van der Waals surface area contributed by atoms with E-state index in [4.69, 9.17) is 16.3 Å². The van der Waals surface area contributed by atoms with E-state index in [9.17, 15) is 18.4 Å². The Balaban J connectivity index is 1.63. The number of carbonyl (C=O) groups is 2. The fourth-order valence-corrected chi connectivity index (χ4v) is 3.38. The van der Waals surface area contributed by atoms with Gasteiger partial charge in [0.05, 0.1) is 25.8 Å². The highest BCUT2D eigenvalue weighted by Gasteiger charge is 2.35. The summed E-state index contributed by atoms with van der Waals surface area (Å²) in [5.41, 5.74) is 0.630. The number of benzene rings is 2. The molecule has 1 N–H and O–H groups in total. The third-order valence-corrected chi connectivity index (χ3v) is 5.14. The molecule has 1 heterocycles. The smallest absolute Gasteiger partial charge is 0.410 e. The molecule has 1 fully saturated rings. The second kappa shape index (κ2) is 9.30. The molecule has 0 spiro atoms. The van der Waals surface area contributed by atoms with Crippen molar-refractivity contribution in [2.45, 2.75) is 25.5 Å². The van der Waals surface area contributed by atoms with E-state index in [1.165, 1.54) is 24.1 Å². The molecule has 9 heteroatoms. The average Bonchev–Trinajstić information content (AvgIpc) is 3.12. The Hall–Kier alpha value is -2.87. The van der Waals surface area contributed by atoms with E-state index in [-0.39, 0.29) is 30.3 Å². The largest absolute Gasteiger partial charge is 0.469 e. The van der Waals surface area contributed by atoms with Crippen LogP contribution in [0.25, 0.3) is 0 Å². The summed E-state index contributed by atoms with van der Waals surface area (Å²) in [4.78, 5) is 25.1. The van der Waals surface area contributed by atoms with Crippen LogP contribution < -0.4 is 5.32 Å². The lowest BCUT2D eigenvalue weighted by Gasteiger charge is -2.23. The number of hydrogen-bond donors (Lipinski definition) is 1. The van der Waals surface area contributed by atoms with Gasteiger partial charge in [-0.25, -0.2) is 13.6 Å². The van der Waals surface area contributed by atoms with Crippen molar-refractivity contribution in [1.82, 2.24) is 4.90 Å². The molecule has 2 unspecified atom stereocenters. The predicted molar refractivity (Wildman–Crippen MR) is 107 cm³/mol. The van der Waals surface area contributed by atoms with Gasteiger partial charge >= 0.3 is 12.1 Å². The minimum atomic E-state index is -1.11. The fraction of sp³-hybridized carbons (Fsp3) is 0.333. The molecule has 0 aliphatic carbocycles. The summed E-state index contributed by atoms with van der Waals surface area (Å²) >= 11 is 5.99. The molecule has 0 bridgehead atoms. The number of nitrogens with zero attached hydrogens (tertiary/aromatic N) is 1. The van der Waals surface area contributed by atoms with Crippen molar-refractivity contribution in [2.24, 2.45) is 0 Å². The Labute approximate surface area is 177 Å². The van der Waals surface area contributed by atoms with Crippen LogP contribution in [0.4, 0.5) is 19.3 Å². The zero-order valence-electron chi connectivity index (χ0n) is 16.5. The van der Waals surface area contributed by atoms with E-state index >= 15 is 0 Å². The van der Waals surface area contributed by atoms with Crippen LogP contribution in [0, 0.1) is 11.6 Å². The normalized spacial score (nSPS) is 16.9. The molecule has 160 valence electrons. The second-order valence-electron chi connectivity index (χ2n) is 6.96. The average molecular weight is 439 g/mol. The van der Waals surface area contributed by atoms with Crippen molar-refractivity contribution in [3.8, 4) is 0 Å². The number of anilines is 1. The summed E-state index contributed by atoms with van der Waals surface area (Å²) < 4.78 is 38.4. The molecule has 2 aromatic carbocycles. The number of nitrogens with one attached hydrogen (secondary N) is 1. The maximum atomic E-state index is 14.3. The van der Waals surface area contributed by atoms with Gasteiger partial charge in [0.2, 0.25) is 0 Å². The minimum absolute atomic E-state index is 0.0630. The van der Waals surface area contributed by atoms with Crippen molar-refractivity contribution in [1.29, 1.82) is 0 Å². The quantitative estimate of drug-likeness (QED) is 0.652. The van der Waals surface area contributed by atoms with Crippen LogP contribution in [0.1, 0.15) is 24.2 Å². The first-order chi connectivity index (χ1) is 14.3. The summed E-state index contributed by atoms with van der Waals surface area (Å²) in [5, 5.41) is 3.35. The van der Waals surface area contributed by atoms with E-state index in [1.807, 2.05) is 6.07 Å². The fourth-order valence-electron chi connectivity index (χ4n) is 3.18. The third-order valence-electron chi connectivity index (χ3n) is 4.91. The number of carbonyl (C=O) groups excluding carboxylic acids is 2. The van der Waals surface area contributed by atoms with Gasteiger partial charge in [0.15, 0.2) is 11.6 Å². The van der Waals surface area contributed by atoms with E-state index < -0.39 is 29.8 Å². The highest BCUT2D eigenvalue weighted by molar-refractivity contribution is 6.30. The summed E-state index contributed by atoms with van der Waals surface area (Å²) in [6.07, 6.45) is -1.31. The third kappa shape index (κ3) is 4.81. The Morgan fingerprint density at radius 2 is 2.10 bits per heavy atom. The van der Waals surface area contributed by atoms with E-state index in [0.717, 1.165) is 5.56 Å². The SMILES string of the molecule is COC(=O)Cc1ccc(NCC(C)N2CC(c3cccc(Cl)c3)OC2=O)c(F)c1F. The highest BCUT2D eigenvalue weighted by Crippen LogP contribution is 2.29. The maximum absolute atomic E-state index is 14.3. The number of esters is 1. The van der Waals surface area contributed by atoms with E-state index in [1.54, 1.807) is 25.1 Å². The van der Waals surface area contributed by atoms with Gasteiger partial charge in [-0.05, 0) is 30.7 Å². The molecular formula is C21H21ClF2N2O4. The Bertz CT molecular complexity index is 957. The zero-order valence-corrected chi connectivity index (χ0v) is 17.2. The number of hydrogen-bond acceptors (Lipinski definition) is 5. The van der Waals surface area contributed by atoms with Crippen molar-refractivity contribution in [2.75, 3.05) is 25.5 Å². The van der Waals surface area contributed by atoms with Gasteiger partial charge in [-0.3, -0.25) is 9.69 Å². The van der Waals surface area contributed by atoms with Crippen molar-refractivity contribution in [3.05, 3.63) is 64.2 Å². The number of amides is 1. The standard InChI is InChI=1S/C21H21ClF2N2O4/c1-12(26-11-17(30-21(26)28)13-4-3-5-15(22)8-13)10-25-16-7-6-14(9-18(27)29-2)19(23)20(16)24/h3-8,12,17,25H,9-11H2,1-2H3. The first-order valence-corrected chi connectivity index (χ1v) is 9.68. The van der Waals surface area contributed by atoms with E-state index in [0.29, 0.717) is 11.6 Å². The van der Waals surface area contributed by atoms with Gasteiger partial charge < -0.3 is 14.8 Å². The lowest BCUT2D eigenvalue weighted by molar-refractivity contribution is -0.139. The van der Waals surface area contributed by atoms with Gasteiger partial charge in [-0.2, -0.15) is 0 Å². The molecule has 1 aliphatic rings. The lowest BCUT2D eigenvalue weighted by Crippen LogP contribution is -2.38. The molecule has 2 aromatic rings. The molecule has 0 aromatic heterocycles. The van der Waals surface area contributed by atoms with Gasteiger partial charge in [-0.15, -0.1) is 0 Å². The van der Waals surface area contributed by atoms with Crippen LogP contribution >= 0.6 is 11.6 Å². The Kier molecular flexibility index (Phi) is 6.77. The van der Waals surface area contributed by atoms with E-state index in [2.05, 4.69) is 10.1 Å². The summed E-state index contributed by atoms with van der Waals surface area (Å²) in [6.45, 7) is 2.26. The number of cyclic esters (lactones) is 1. The number of ether oxygens (including phenoxy) is 2. The molecule has 1 amide bonds. The number of halogens is 3. The Morgan fingerprint density at radius 3 is 2.80 bits per heavy atom. The van der Waals surface area contributed by atoms with Gasteiger partial charge in [0.1, 0.15) is 6.10 Å². The van der Waals surface area contributed by atoms with Crippen molar-refractivity contribution in [3.63, 3.8) is 0 Å². The second-order valence-corrected chi connectivity index (χ2v) is 7.40. The molecule has 1 saturated heterocycles. The minimum Gasteiger partial charge on any atom is -0.469 e. The number of rotatable bonds is 7. The molecule has 1 aliphatic heterocycles. The first kappa shape index (κ1) is 21.8. The molecule has 0 radical (unpaired) electrons. The van der Waals surface area contributed by atoms with Gasteiger partial charge in [0.25, 0.3) is 0 Å². The van der Waals surface area contributed by atoms with Crippen LogP contribution in [0.5, 0.6) is 0 Å². The summed E-state index contributed by atoms with van der Waals surface area (Å²) in [7, 11) is 1.17. The molecule has 2 atom stereocenters. The Morgan fingerprint density at radius 1 is 1.33 bits per heavy atom. The lowest BCUT2D eigenvalue weighted by atomic mass is 10.1. The van der Waals surface area contributed by atoms with Gasteiger partial charge in [0, 0.05) is 23.2 Å². The number of methoxy groups -OCH3 is 1. The summed E-state index contributed by atoms with van der Waals surface area (Å²) in [6, 6.07) is 9.39. The molecule has 3 rings (SSSR count). The molecule has 0 saturated carbocycles. The van der Waals surface area contributed by atoms with Crippen molar-refractivity contribution >= 4 is 29.4 Å². The van der Waals surface area contributed by atoms with Crippen LogP contribution in [0.2, 0.25) is 5.02 Å².